The summed E-state index contributed by atoms with van der Waals surface area (Å²) in [7, 11) is 0. The summed E-state index contributed by atoms with van der Waals surface area (Å²) in [4.78, 5) is 4.18. The van der Waals surface area contributed by atoms with Crippen molar-refractivity contribution in [3.63, 3.8) is 0 Å². The molecule has 0 radical (unpaired) electrons. The van der Waals surface area contributed by atoms with Gasteiger partial charge >= 0.3 is 0 Å². The van der Waals surface area contributed by atoms with Crippen molar-refractivity contribution in [1.29, 1.82) is 0 Å². The molecule has 1 heterocycles. The quantitative estimate of drug-likeness (QED) is 0.684. The van der Waals surface area contributed by atoms with Crippen molar-refractivity contribution < 1.29 is 0 Å². The molecule has 0 unspecified atom stereocenters. The highest BCUT2D eigenvalue weighted by Gasteiger charge is 1.96. The van der Waals surface area contributed by atoms with Crippen molar-refractivity contribution in [2.24, 2.45) is 0 Å². The highest BCUT2D eigenvalue weighted by atomic mass is 14.6. The van der Waals surface area contributed by atoms with Gasteiger partial charge in [0, 0.05) is 11.9 Å². The molecule has 0 spiro atoms. The minimum Gasteiger partial charge on any atom is -0.262 e. The molecule has 16 heavy (non-hydrogen) atoms. The lowest BCUT2D eigenvalue weighted by atomic mass is 10.1. The molecule has 0 amide bonds. The molecule has 0 saturated carbocycles. The molecule has 0 bridgehead atoms. The molecular formula is C15H19N. The van der Waals surface area contributed by atoms with Crippen LogP contribution in [-0.4, -0.2) is 4.98 Å². The second kappa shape index (κ2) is 6.06. The monoisotopic (exact) mass is 213 g/mol. The smallest absolute Gasteiger partial charge is 0.0378 e. The Bertz CT molecular complexity index is 429. The van der Waals surface area contributed by atoms with E-state index in [0.717, 1.165) is 5.69 Å². The summed E-state index contributed by atoms with van der Waals surface area (Å²) < 4.78 is 0. The van der Waals surface area contributed by atoms with Gasteiger partial charge in [0.15, 0.2) is 0 Å². The van der Waals surface area contributed by atoms with Crippen molar-refractivity contribution in [2.75, 3.05) is 0 Å². The van der Waals surface area contributed by atoms with E-state index in [2.05, 4.69) is 42.2 Å². The number of hydrogen-bond acceptors (Lipinski definition) is 1. The third kappa shape index (κ3) is 3.20. The van der Waals surface area contributed by atoms with Gasteiger partial charge in [-0.3, -0.25) is 4.98 Å². The molecule has 0 aliphatic carbocycles. The minimum absolute atomic E-state index is 1.06. The maximum atomic E-state index is 4.18. The molecule has 0 aliphatic rings. The number of benzene rings is 1. The van der Waals surface area contributed by atoms with Crippen molar-refractivity contribution in [3.8, 4) is 11.1 Å². The molecule has 0 atom stereocenters. The van der Waals surface area contributed by atoms with Crippen LogP contribution < -0.4 is 0 Å². The van der Waals surface area contributed by atoms with E-state index in [9.17, 15) is 0 Å². The first kappa shape index (κ1) is 12.4. The predicted molar refractivity (Wildman–Crippen MR) is 70.5 cm³/mol. The molecule has 1 nitrogen and oxygen atoms in total. The fourth-order valence-corrected chi connectivity index (χ4v) is 1.47. The van der Waals surface area contributed by atoms with Gasteiger partial charge < -0.3 is 0 Å². The van der Waals surface area contributed by atoms with Gasteiger partial charge in [0.2, 0.25) is 0 Å². The first-order valence-electron chi connectivity index (χ1n) is 5.75. The molecular weight excluding hydrogens is 194 g/mol. The zero-order valence-electron chi connectivity index (χ0n) is 10.5. The van der Waals surface area contributed by atoms with Gasteiger partial charge in [0.25, 0.3) is 0 Å². The van der Waals surface area contributed by atoms with Crippen LogP contribution in [0.15, 0.2) is 42.6 Å². The van der Waals surface area contributed by atoms with E-state index in [0.29, 0.717) is 0 Å². The lowest BCUT2D eigenvalue weighted by Crippen LogP contribution is -1.82. The number of rotatable bonds is 1. The Hall–Kier alpha value is -1.63. The van der Waals surface area contributed by atoms with Gasteiger partial charge in [-0.05, 0) is 37.1 Å². The van der Waals surface area contributed by atoms with E-state index in [1.165, 1.54) is 16.7 Å². The summed E-state index contributed by atoms with van der Waals surface area (Å²) >= 11 is 0. The highest BCUT2D eigenvalue weighted by molar-refractivity contribution is 5.63. The summed E-state index contributed by atoms with van der Waals surface area (Å²) in [5.41, 5.74) is 4.83. The van der Waals surface area contributed by atoms with Gasteiger partial charge in [-0.1, -0.05) is 43.7 Å². The summed E-state index contributed by atoms with van der Waals surface area (Å²) in [6.07, 6.45) is 1.85. The van der Waals surface area contributed by atoms with Crippen LogP contribution in [0.4, 0.5) is 0 Å². The Morgan fingerprint density at radius 2 is 1.44 bits per heavy atom. The number of aryl methyl sites for hydroxylation is 2. The molecule has 0 N–H and O–H groups in total. The molecule has 2 rings (SSSR count). The van der Waals surface area contributed by atoms with E-state index in [1.54, 1.807) is 0 Å². The normalized spacial score (nSPS) is 9.25. The molecule has 0 aliphatic heterocycles. The Labute approximate surface area is 98.2 Å². The Kier molecular flexibility index (Phi) is 4.71. The van der Waals surface area contributed by atoms with Crippen LogP contribution in [0.5, 0.6) is 0 Å². The largest absolute Gasteiger partial charge is 0.262 e. The summed E-state index contributed by atoms with van der Waals surface area (Å²) in [6, 6.07) is 12.7. The van der Waals surface area contributed by atoms with Crippen LogP contribution in [0, 0.1) is 13.8 Å². The average molecular weight is 213 g/mol. The first-order valence-corrected chi connectivity index (χ1v) is 5.75. The second-order valence-corrected chi connectivity index (χ2v) is 3.55. The van der Waals surface area contributed by atoms with E-state index in [4.69, 9.17) is 0 Å². The van der Waals surface area contributed by atoms with Crippen LogP contribution in [0.2, 0.25) is 0 Å². The second-order valence-electron chi connectivity index (χ2n) is 3.55. The zero-order chi connectivity index (χ0) is 12.0. The number of aromatic nitrogens is 1. The van der Waals surface area contributed by atoms with Crippen LogP contribution in [0.1, 0.15) is 25.1 Å². The fourth-order valence-electron chi connectivity index (χ4n) is 1.47. The standard InChI is InChI=1S/C13H13N.C2H6/c1-10-3-5-12(6-4-10)13-7-8-14-11(2)9-13;1-2/h3-9H,1-2H3;1-2H3. The molecule has 1 aromatic heterocycles. The van der Waals surface area contributed by atoms with Crippen LogP contribution in [0.3, 0.4) is 0 Å². The summed E-state index contributed by atoms with van der Waals surface area (Å²) in [5, 5.41) is 0. The third-order valence-corrected chi connectivity index (χ3v) is 2.28. The minimum atomic E-state index is 1.06. The fraction of sp³-hybridized carbons (Fsp3) is 0.267. The molecule has 84 valence electrons. The number of hydrogen-bond donors (Lipinski definition) is 0. The van der Waals surface area contributed by atoms with E-state index < -0.39 is 0 Å². The number of pyridine rings is 1. The Morgan fingerprint density at radius 3 is 2.00 bits per heavy atom. The van der Waals surface area contributed by atoms with Gasteiger partial charge in [0.1, 0.15) is 0 Å². The van der Waals surface area contributed by atoms with Crippen LogP contribution >= 0.6 is 0 Å². The van der Waals surface area contributed by atoms with Gasteiger partial charge in [-0.2, -0.15) is 0 Å². The molecule has 1 aromatic carbocycles. The Balaban J connectivity index is 0.000000606. The first-order chi connectivity index (χ1) is 7.75. The van der Waals surface area contributed by atoms with E-state index in [-0.39, 0.29) is 0 Å². The Morgan fingerprint density at radius 1 is 0.812 bits per heavy atom. The average Bonchev–Trinajstić information content (AvgIpc) is 2.32. The highest BCUT2D eigenvalue weighted by Crippen LogP contribution is 2.19. The van der Waals surface area contributed by atoms with Gasteiger partial charge in [-0.25, -0.2) is 0 Å². The third-order valence-electron chi connectivity index (χ3n) is 2.28. The topological polar surface area (TPSA) is 12.9 Å². The SMILES string of the molecule is CC.Cc1ccc(-c2ccnc(C)c2)cc1. The molecule has 1 heteroatoms. The van der Waals surface area contributed by atoms with Crippen LogP contribution in [-0.2, 0) is 0 Å². The molecule has 0 saturated heterocycles. The van der Waals surface area contributed by atoms with Crippen molar-refractivity contribution in [1.82, 2.24) is 4.98 Å². The maximum Gasteiger partial charge on any atom is 0.0378 e. The molecule has 2 aromatic rings. The number of nitrogens with zero attached hydrogens (tertiary/aromatic N) is 1. The summed E-state index contributed by atoms with van der Waals surface area (Å²) in [6.45, 7) is 8.11. The zero-order valence-corrected chi connectivity index (χ0v) is 10.5. The van der Waals surface area contributed by atoms with Crippen molar-refractivity contribution in [3.05, 3.63) is 53.9 Å². The predicted octanol–water partition coefficient (Wildman–Crippen LogP) is 4.39. The lowest BCUT2D eigenvalue weighted by molar-refractivity contribution is 1.20. The van der Waals surface area contributed by atoms with Crippen molar-refractivity contribution in [2.45, 2.75) is 27.7 Å². The van der Waals surface area contributed by atoms with Crippen molar-refractivity contribution >= 4 is 0 Å². The molecule has 0 fully saturated rings. The van der Waals surface area contributed by atoms with Crippen LogP contribution in [0.25, 0.3) is 11.1 Å². The van der Waals surface area contributed by atoms with E-state index in [1.807, 2.05) is 33.0 Å². The lowest BCUT2D eigenvalue weighted by Gasteiger charge is -2.02. The summed E-state index contributed by atoms with van der Waals surface area (Å²) in [5.74, 6) is 0. The maximum absolute atomic E-state index is 4.18. The van der Waals surface area contributed by atoms with E-state index >= 15 is 0 Å². The van der Waals surface area contributed by atoms with Gasteiger partial charge in [0.05, 0.1) is 0 Å². The van der Waals surface area contributed by atoms with Gasteiger partial charge in [-0.15, -0.1) is 0 Å².